The second-order valence-electron chi connectivity index (χ2n) is 10.3. The van der Waals surface area contributed by atoms with Gasteiger partial charge in [0.25, 0.3) is 0 Å². The number of hydrogen-bond acceptors (Lipinski definition) is 5. The SMILES string of the molecule is Cn1ncc2c(-c3ccc(-n4c(=O)n(C(C=O)CN5CCC[C@@H](C(F)(F)F)C5)c5ccccc54)cc3)cncc21. The minimum absolute atomic E-state index is 0.0328. The summed E-state index contributed by atoms with van der Waals surface area (Å²) in [7, 11) is 1.85. The maximum Gasteiger partial charge on any atom is 0.393 e. The van der Waals surface area contributed by atoms with E-state index in [1.54, 1.807) is 52.4 Å². The normalized spacial score (nSPS) is 17.4. The van der Waals surface area contributed by atoms with Crippen LogP contribution in [-0.4, -0.2) is 60.9 Å². The monoisotopic (exact) mass is 548 g/mol. The molecule has 0 radical (unpaired) electrons. The second kappa shape index (κ2) is 10.1. The average molecular weight is 549 g/mol. The number of hydrogen-bond donors (Lipinski definition) is 0. The van der Waals surface area contributed by atoms with E-state index in [1.807, 2.05) is 31.3 Å². The van der Waals surface area contributed by atoms with Crippen molar-refractivity contribution < 1.29 is 18.0 Å². The number of aryl methyl sites for hydroxylation is 1. The van der Waals surface area contributed by atoms with Crippen LogP contribution in [0, 0.1) is 5.92 Å². The molecule has 0 spiro atoms. The van der Waals surface area contributed by atoms with E-state index >= 15 is 0 Å². The van der Waals surface area contributed by atoms with Crippen LogP contribution < -0.4 is 5.69 Å². The molecule has 0 saturated carbocycles. The third kappa shape index (κ3) is 4.49. The number of piperidine rings is 1. The van der Waals surface area contributed by atoms with Crippen molar-refractivity contribution in [2.24, 2.45) is 13.0 Å². The topological polar surface area (TPSA) is 78.0 Å². The maximum atomic E-state index is 13.8. The van der Waals surface area contributed by atoms with E-state index in [-0.39, 0.29) is 19.5 Å². The van der Waals surface area contributed by atoms with Gasteiger partial charge in [0.05, 0.1) is 40.5 Å². The van der Waals surface area contributed by atoms with E-state index in [4.69, 9.17) is 0 Å². The van der Waals surface area contributed by atoms with Gasteiger partial charge in [-0.3, -0.25) is 18.8 Å². The number of rotatable bonds is 6. The molecule has 2 aromatic carbocycles. The van der Waals surface area contributed by atoms with Crippen LogP contribution in [0.2, 0.25) is 0 Å². The number of aldehydes is 1. The standard InChI is InChI=1S/C29H27F3N6O2/c1-35-27-15-33-13-23(24(27)14-34-35)19-8-10-21(11-9-19)37-25-6-2-3-7-26(25)38(28(37)40)22(18-39)17-36-12-4-5-20(16-36)29(30,31)32/h2-3,6-11,13-15,18,20,22H,4-5,12,16-17H2,1H3/t20-,22?/m1/s1. The fraction of sp³-hybridized carbons (Fsp3) is 0.310. The van der Waals surface area contributed by atoms with Gasteiger partial charge >= 0.3 is 11.9 Å². The van der Waals surface area contributed by atoms with Crippen molar-refractivity contribution in [3.63, 3.8) is 0 Å². The minimum Gasteiger partial charge on any atom is -0.301 e. The molecule has 2 atom stereocenters. The number of carbonyl (C=O) groups excluding carboxylic acids is 1. The molecule has 0 amide bonds. The minimum atomic E-state index is -4.28. The Hall–Kier alpha value is -4.25. The van der Waals surface area contributed by atoms with E-state index in [9.17, 15) is 22.8 Å². The smallest absolute Gasteiger partial charge is 0.301 e. The van der Waals surface area contributed by atoms with E-state index in [0.717, 1.165) is 22.0 Å². The largest absolute Gasteiger partial charge is 0.393 e. The molecule has 1 aliphatic heterocycles. The van der Waals surface area contributed by atoms with Crippen LogP contribution in [0.4, 0.5) is 13.2 Å². The number of nitrogens with zero attached hydrogens (tertiary/aromatic N) is 6. The van der Waals surface area contributed by atoms with Crippen LogP contribution in [0.5, 0.6) is 0 Å². The van der Waals surface area contributed by atoms with Crippen molar-refractivity contribution in [3.05, 3.63) is 77.6 Å². The molecular weight excluding hydrogens is 521 g/mol. The Balaban J connectivity index is 1.36. The highest BCUT2D eigenvalue weighted by Crippen LogP contribution is 2.34. The number of halogens is 3. The molecule has 1 aliphatic rings. The molecular formula is C29H27F3N6O2. The lowest BCUT2D eigenvalue weighted by molar-refractivity contribution is -0.186. The highest BCUT2D eigenvalue weighted by atomic mass is 19.4. The van der Waals surface area contributed by atoms with E-state index in [0.29, 0.717) is 36.0 Å². The van der Waals surface area contributed by atoms with Gasteiger partial charge in [0.1, 0.15) is 12.3 Å². The third-order valence-electron chi connectivity index (χ3n) is 7.79. The van der Waals surface area contributed by atoms with Crippen LogP contribution >= 0.6 is 0 Å². The van der Waals surface area contributed by atoms with Gasteiger partial charge in [-0.25, -0.2) is 4.79 Å². The van der Waals surface area contributed by atoms with Crippen molar-refractivity contribution in [3.8, 4) is 16.8 Å². The molecule has 11 heteroatoms. The summed E-state index contributed by atoms with van der Waals surface area (Å²) in [6.45, 7) is 0.302. The molecule has 0 N–H and O–H groups in total. The number of alkyl halides is 3. The number of imidazole rings is 1. The Bertz CT molecular complexity index is 1750. The molecule has 6 rings (SSSR count). The first-order valence-electron chi connectivity index (χ1n) is 13.1. The molecule has 5 aromatic rings. The van der Waals surface area contributed by atoms with Gasteiger partial charge < -0.3 is 9.69 Å². The fourth-order valence-electron chi connectivity index (χ4n) is 5.76. The first-order valence-corrected chi connectivity index (χ1v) is 13.1. The predicted octanol–water partition coefficient (Wildman–Crippen LogP) is 4.76. The Labute approximate surface area is 227 Å². The number of likely N-dealkylation sites (tertiary alicyclic amines) is 1. The summed E-state index contributed by atoms with van der Waals surface area (Å²) in [5, 5.41) is 5.28. The molecule has 1 unspecified atom stereocenters. The highest BCUT2D eigenvalue weighted by Gasteiger charge is 2.42. The highest BCUT2D eigenvalue weighted by molar-refractivity contribution is 5.93. The third-order valence-corrected chi connectivity index (χ3v) is 7.79. The van der Waals surface area contributed by atoms with E-state index < -0.39 is 23.8 Å². The Morgan fingerprint density at radius 3 is 2.50 bits per heavy atom. The summed E-state index contributed by atoms with van der Waals surface area (Å²) in [4.78, 5) is 32.1. The van der Waals surface area contributed by atoms with Crippen molar-refractivity contribution in [2.45, 2.75) is 25.1 Å². The van der Waals surface area contributed by atoms with Gasteiger partial charge in [-0.05, 0) is 49.2 Å². The van der Waals surface area contributed by atoms with Crippen molar-refractivity contribution >= 4 is 28.2 Å². The molecule has 0 bridgehead atoms. The van der Waals surface area contributed by atoms with Gasteiger partial charge in [-0.15, -0.1) is 0 Å². The second-order valence-corrected chi connectivity index (χ2v) is 10.3. The summed E-state index contributed by atoms with van der Waals surface area (Å²) < 4.78 is 44.8. The quantitative estimate of drug-likeness (QED) is 0.286. The van der Waals surface area contributed by atoms with Crippen LogP contribution in [0.15, 0.2) is 71.9 Å². The number of aromatic nitrogens is 5. The van der Waals surface area contributed by atoms with Gasteiger partial charge in [0, 0.05) is 37.3 Å². The molecule has 4 heterocycles. The van der Waals surface area contributed by atoms with Gasteiger partial charge in [0.2, 0.25) is 0 Å². The summed E-state index contributed by atoms with van der Waals surface area (Å²) in [6.07, 6.45) is 2.15. The molecule has 8 nitrogen and oxygen atoms in total. The van der Waals surface area contributed by atoms with Crippen molar-refractivity contribution in [1.29, 1.82) is 0 Å². The zero-order valence-electron chi connectivity index (χ0n) is 21.8. The van der Waals surface area contributed by atoms with Gasteiger partial charge in [-0.1, -0.05) is 24.3 Å². The lowest BCUT2D eigenvalue weighted by Crippen LogP contribution is -2.45. The van der Waals surface area contributed by atoms with Crippen LogP contribution in [0.1, 0.15) is 18.9 Å². The van der Waals surface area contributed by atoms with E-state index in [1.165, 1.54) is 9.13 Å². The van der Waals surface area contributed by atoms with Crippen LogP contribution in [0.3, 0.4) is 0 Å². The summed E-state index contributed by atoms with van der Waals surface area (Å²) in [5.74, 6) is -1.43. The molecule has 206 valence electrons. The zero-order chi connectivity index (χ0) is 28.0. The molecule has 0 aliphatic carbocycles. The number of carbonyl (C=O) groups is 1. The average Bonchev–Trinajstić information content (AvgIpc) is 3.48. The summed E-state index contributed by atoms with van der Waals surface area (Å²) in [6, 6.07) is 13.7. The van der Waals surface area contributed by atoms with Crippen LogP contribution in [0.25, 0.3) is 38.8 Å². The number of benzene rings is 2. The van der Waals surface area contributed by atoms with Gasteiger partial charge in [-0.2, -0.15) is 18.3 Å². The van der Waals surface area contributed by atoms with Crippen molar-refractivity contribution in [1.82, 2.24) is 28.8 Å². The molecule has 3 aromatic heterocycles. The first-order chi connectivity index (χ1) is 19.3. The lowest BCUT2D eigenvalue weighted by atomic mass is 9.97. The maximum absolute atomic E-state index is 13.8. The Morgan fingerprint density at radius 1 is 1.02 bits per heavy atom. The van der Waals surface area contributed by atoms with E-state index in [2.05, 4.69) is 10.1 Å². The van der Waals surface area contributed by atoms with Gasteiger partial charge in [0.15, 0.2) is 0 Å². The lowest BCUT2D eigenvalue weighted by Gasteiger charge is -2.34. The molecule has 40 heavy (non-hydrogen) atoms. The molecule has 1 saturated heterocycles. The first kappa shape index (κ1) is 26.0. The number of fused-ring (bicyclic) bond motifs is 2. The fourth-order valence-corrected chi connectivity index (χ4v) is 5.76. The Kier molecular flexibility index (Phi) is 6.53. The summed E-state index contributed by atoms with van der Waals surface area (Å²) in [5.41, 5.74) is 4.04. The Morgan fingerprint density at radius 2 is 1.77 bits per heavy atom. The van der Waals surface area contributed by atoms with Crippen LogP contribution in [-0.2, 0) is 11.8 Å². The predicted molar refractivity (Wildman–Crippen MR) is 145 cm³/mol. The van der Waals surface area contributed by atoms with Crippen molar-refractivity contribution in [2.75, 3.05) is 19.6 Å². The zero-order valence-corrected chi connectivity index (χ0v) is 21.8. The number of pyridine rings is 1. The molecule has 1 fully saturated rings. The number of para-hydroxylation sites is 2. The summed E-state index contributed by atoms with van der Waals surface area (Å²) >= 11 is 0.